The van der Waals surface area contributed by atoms with Gasteiger partial charge in [0, 0.05) is 18.1 Å². The highest BCUT2D eigenvalue weighted by molar-refractivity contribution is 6.01. The number of fused-ring (bicyclic) bond motifs is 1. The summed E-state index contributed by atoms with van der Waals surface area (Å²) < 4.78 is 1.97. The molecule has 0 saturated carbocycles. The predicted molar refractivity (Wildman–Crippen MR) is 81.8 cm³/mol. The van der Waals surface area contributed by atoms with Crippen LogP contribution in [-0.4, -0.2) is 32.3 Å². The van der Waals surface area contributed by atoms with Crippen molar-refractivity contribution in [3.05, 3.63) is 29.6 Å². The third-order valence-corrected chi connectivity index (χ3v) is 3.60. The molecule has 0 bridgehead atoms. The van der Waals surface area contributed by atoms with Gasteiger partial charge in [-0.05, 0) is 25.5 Å². The van der Waals surface area contributed by atoms with Crippen molar-refractivity contribution in [3.63, 3.8) is 0 Å². The van der Waals surface area contributed by atoms with Crippen LogP contribution in [0.15, 0.2) is 18.2 Å². The molecule has 1 aromatic heterocycles. The zero-order valence-corrected chi connectivity index (χ0v) is 12.9. The first kappa shape index (κ1) is 15.5. The summed E-state index contributed by atoms with van der Waals surface area (Å²) in [5, 5.41) is 18.7. The van der Waals surface area contributed by atoms with Crippen LogP contribution in [0.25, 0.3) is 11.0 Å². The second-order valence-electron chi connectivity index (χ2n) is 6.40. The lowest BCUT2D eigenvalue weighted by Gasteiger charge is -2.24. The van der Waals surface area contributed by atoms with Crippen LogP contribution in [0, 0.1) is 0 Å². The first-order chi connectivity index (χ1) is 9.77. The Kier molecular flexibility index (Phi) is 4.05. The number of aromatic nitrogens is 2. The Balaban J connectivity index is 2.83. The standard InChI is InChI=1S/C16H22N2O3/c1-10(8-9-19)18-13-11(14(20)21)6-5-7-12(13)17-15(18)16(2,3)4/h5-7,10,19H,8-9H2,1-4H3,(H,20,21). The number of carboxylic acids is 1. The van der Waals surface area contributed by atoms with Crippen molar-refractivity contribution in [2.75, 3.05) is 6.61 Å². The van der Waals surface area contributed by atoms with E-state index in [-0.39, 0.29) is 23.6 Å². The number of rotatable bonds is 4. The van der Waals surface area contributed by atoms with Gasteiger partial charge in [0.25, 0.3) is 0 Å². The molecule has 1 atom stereocenters. The Morgan fingerprint density at radius 1 is 1.38 bits per heavy atom. The summed E-state index contributed by atoms with van der Waals surface area (Å²) in [6.45, 7) is 8.19. The van der Waals surface area contributed by atoms with Crippen molar-refractivity contribution in [1.29, 1.82) is 0 Å². The summed E-state index contributed by atoms with van der Waals surface area (Å²) in [5.74, 6) is -0.120. The smallest absolute Gasteiger partial charge is 0.337 e. The third-order valence-electron chi connectivity index (χ3n) is 3.60. The van der Waals surface area contributed by atoms with Gasteiger partial charge in [-0.25, -0.2) is 9.78 Å². The summed E-state index contributed by atoms with van der Waals surface area (Å²) >= 11 is 0. The van der Waals surface area contributed by atoms with Gasteiger partial charge < -0.3 is 14.8 Å². The summed E-state index contributed by atoms with van der Waals surface area (Å²) in [7, 11) is 0. The fraction of sp³-hybridized carbons (Fsp3) is 0.500. The molecule has 0 amide bonds. The number of nitrogens with zero attached hydrogens (tertiary/aromatic N) is 2. The summed E-state index contributed by atoms with van der Waals surface area (Å²) in [6.07, 6.45) is 0.558. The molecule has 0 aliphatic heterocycles. The van der Waals surface area contributed by atoms with Gasteiger partial charge in [0.1, 0.15) is 5.82 Å². The number of hydrogen-bond acceptors (Lipinski definition) is 3. The summed E-state index contributed by atoms with van der Waals surface area (Å²) in [6, 6.07) is 5.13. The third kappa shape index (κ3) is 2.78. The number of aliphatic hydroxyl groups excluding tert-OH is 1. The molecule has 1 aromatic carbocycles. The van der Waals surface area contributed by atoms with Crippen molar-refractivity contribution >= 4 is 17.0 Å². The van der Waals surface area contributed by atoms with Crippen LogP contribution < -0.4 is 0 Å². The maximum atomic E-state index is 11.5. The molecule has 0 spiro atoms. The van der Waals surface area contributed by atoms with Gasteiger partial charge in [0.2, 0.25) is 0 Å². The number of hydrogen-bond donors (Lipinski definition) is 2. The maximum Gasteiger partial charge on any atom is 0.337 e. The van der Waals surface area contributed by atoms with Crippen LogP contribution in [0.5, 0.6) is 0 Å². The Bertz CT molecular complexity index is 668. The van der Waals surface area contributed by atoms with E-state index in [4.69, 9.17) is 0 Å². The van der Waals surface area contributed by atoms with Crippen molar-refractivity contribution in [2.24, 2.45) is 0 Å². The molecule has 1 unspecified atom stereocenters. The lowest BCUT2D eigenvalue weighted by Crippen LogP contribution is -2.22. The second kappa shape index (κ2) is 5.48. The van der Waals surface area contributed by atoms with Crippen LogP contribution in [0.4, 0.5) is 0 Å². The monoisotopic (exact) mass is 290 g/mol. The van der Waals surface area contributed by atoms with Crippen LogP contribution in [0.1, 0.15) is 56.3 Å². The van der Waals surface area contributed by atoms with Gasteiger partial charge in [-0.2, -0.15) is 0 Å². The van der Waals surface area contributed by atoms with E-state index in [1.807, 2.05) is 17.6 Å². The molecule has 5 nitrogen and oxygen atoms in total. The fourth-order valence-corrected chi connectivity index (χ4v) is 2.60. The fourth-order valence-electron chi connectivity index (χ4n) is 2.60. The minimum atomic E-state index is -0.960. The Morgan fingerprint density at radius 2 is 2.05 bits per heavy atom. The van der Waals surface area contributed by atoms with E-state index in [2.05, 4.69) is 25.8 Å². The number of imidazole rings is 1. The number of carbonyl (C=O) groups is 1. The molecule has 2 rings (SSSR count). The van der Waals surface area contributed by atoms with Gasteiger partial charge in [-0.1, -0.05) is 26.8 Å². The van der Waals surface area contributed by atoms with Gasteiger partial charge in [0.05, 0.1) is 16.6 Å². The normalized spacial score (nSPS) is 13.6. The van der Waals surface area contributed by atoms with E-state index in [1.165, 1.54) is 0 Å². The number of aliphatic hydroxyl groups is 1. The molecule has 0 radical (unpaired) electrons. The molecule has 21 heavy (non-hydrogen) atoms. The summed E-state index contributed by atoms with van der Waals surface area (Å²) in [4.78, 5) is 16.2. The highest BCUT2D eigenvalue weighted by Gasteiger charge is 2.27. The molecule has 0 aliphatic rings. The lowest BCUT2D eigenvalue weighted by molar-refractivity contribution is 0.0698. The highest BCUT2D eigenvalue weighted by Crippen LogP contribution is 2.32. The van der Waals surface area contributed by atoms with E-state index in [1.54, 1.807) is 12.1 Å². The highest BCUT2D eigenvalue weighted by atomic mass is 16.4. The Labute approximate surface area is 124 Å². The quantitative estimate of drug-likeness (QED) is 0.907. The molecule has 5 heteroatoms. The molecule has 2 aromatic rings. The zero-order valence-electron chi connectivity index (χ0n) is 12.9. The molecule has 114 valence electrons. The SMILES string of the molecule is CC(CCO)n1c(C(C)(C)C)nc2cccc(C(=O)O)c21. The van der Waals surface area contributed by atoms with Crippen LogP contribution >= 0.6 is 0 Å². The van der Waals surface area contributed by atoms with E-state index < -0.39 is 5.97 Å². The largest absolute Gasteiger partial charge is 0.478 e. The number of para-hydroxylation sites is 1. The van der Waals surface area contributed by atoms with E-state index in [9.17, 15) is 15.0 Å². The molecular weight excluding hydrogens is 268 g/mol. The van der Waals surface area contributed by atoms with Crippen LogP contribution in [-0.2, 0) is 5.41 Å². The molecule has 2 N–H and O–H groups in total. The molecule has 0 aliphatic carbocycles. The van der Waals surface area contributed by atoms with Crippen molar-refractivity contribution in [1.82, 2.24) is 9.55 Å². The predicted octanol–water partition coefficient (Wildman–Crippen LogP) is 2.98. The minimum Gasteiger partial charge on any atom is -0.478 e. The maximum absolute atomic E-state index is 11.5. The Morgan fingerprint density at radius 3 is 2.57 bits per heavy atom. The first-order valence-electron chi connectivity index (χ1n) is 7.13. The minimum absolute atomic E-state index is 0.0188. The average Bonchev–Trinajstić information content (AvgIpc) is 2.77. The Hall–Kier alpha value is -1.88. The van der Waals surface area contributed by atoms with Gasteiger partial charge in [-0.15, -0.1) is 0 Å². The molecule has 0 fully saturated rings. The lowest BCUT2D eigenvalue weighted by atomic mass is 9.95. The van der Waals surface area contributed by atoms with Gasteiger partial charge in [-0.3, -0.25) is 0 Å². The summed E-state index contributed by atoms with van der Waals surface area (Å²) in [5.41, 5.74) is 1.36. The van der Waals surface area contributed by atoms with Crippen LogP contribution in [0.2, 0.25) is 0 Å². The van der Waals surface area contributed by atoms with Gasteiger partial charge in [0.15, 0.2) is 0 Å². The molecular formula is C16H22N2O3. The van der Waals surface area contributed by atoms with Crippen molar-refractivity contribution < 1.29 is 15.0 Å². The first-order valence-corrected chi connectivity index (χ1v) is 7.13. The number of benzene rings is 1. The second-order valence-corrected chi connectivity index (χ2v) is 6.40. The number of carboxylic acid groups (broad SMARTS) is 1. The van der Waals surface area contributed by atoms with E-state index in [0.29, 0.717) is 17.5 Å². The van der Waals surface area contributed by atoms with Gasteiger partial charge >= 0.3 is 5.97 Å². The van der Waals surface area contributed by atoms with Crippen molar-refractivity contribution in [2.45, 2.75) is 45.6 Å². The molecule has 1 heterocycles. The number of aromatic carboxylic acids is 1. The zero-order chi connectivity index (χ0) is 15.8. The average molecular weight is 290 g/mol. The van der Waals surface area contributed by atoms with E-state index >= 15 is 0 Å². The van der Waals surface area contributed by atoms with Crippen LogP contribution in [0.3, 0.4) is 0 Å². The topological polar surface area (TPSA) is 75.3 Å². The van der Waals surface area contributed by atoms with Crippen molar-refractivity contribution in [3.8, 4) is 0 Å². The molecule has 0 saturated heterocycles. The van der Waals surface area contributed by atoms with E-state index in [0.717, 1.165) is 5.82 Å².